The van der Waals surface area contributed by atoms with Crippen LogP contribution in [0.15, 0.2) is 24.3 Å². The van der Waals surface area contributed by atoms with Gasteiger partial charge in [0, 0.05) is 21.5 Å². The summed E-state index contributed by atoms with van der Waals surface area (Å²) >= 11 is 3.93. The zero-order chi connectivity index (χ0) is 13.8. The van der Waals surface area contributed by atoms with E-state index in [2.05, 4.69) is 45.0 Å². The molecule has 0 aliphatic carbocycles. The summed E-state index contributed by atoms with van der Waals surface area (Å²) < 4.78 is 0. The van der Waals surface area contributed by atoms with E-state index < -0.39 is 0 Å². The molecular weight excluding hydrogens is 272 g/mol. The fourth-order valence-electron chi connectivity index (χ4n) is 2.36. The van der Waals surface area contributed by atoms with Crippen molar-refractivity contribution < 1.29 is 5.11 Å². The molecule has 1 aliphatic rings. The van der Waals surface area contributed by atoms with E-state index in [1.807, 2.05) is 23.5 Å². The Balaban J connectivity index is 2.00. The Bertz CT molecular complexity index is 390. The van der Waals surface area contributed by atoms with Crippen LogP contribution in [0.3, 0.4) is 0 Å². The molecule has 0 saturated carbocycles. The van der Waals surface area contributed by atoms with Gasteiger partial charge in [0.1, 0.15) is 0 Å². The van der Waals surface area contributed by atoms with Crippen molar-refractivity contribution in [2.75, 3.05) is 5.75 Å². The first-order valence-electron chi connectivity index (χ1n) is 7.15. The summed E-state index contributed by atoms with van der Waals surface area (Å²) in [5.41, 5.74) is 2.44. The number of aryl methyl sites for hydroxylation is 1. The van der Waals surface area contributed by atoms with E-state index in [4.69, 9.17) is 0 Å². The number of hydrogen-bond acceptors (Lipinski definition) is 3. The van der Waals surface area contributed by atoms with Crippen molar-refractivity contribution in [1.29, 1.82) is 0 Å². The molecule has 1 saturated heterocycles. The van der Waals surface area contributed by atoms with Crippen LogP contribution in [0.4, 0.5) is 0 Å². The summed E-state index contributed by atoms with van der Waals surface area (Å²) in [5.74, 6) is 1.05. The average Bonchev–Trinajstić information content (AvgIpc) is 2.42. The highest BCUT2D eigenvalue weighted by Gasteiger charge is 2.30. The third-order valence-corrected chi connectivity index (χ3v) is 7.27. The van der Waals surface area contributed by atoms with Crippen LogP contribution in [0.25, 0.3) is 0 Å². The minimum absolute atomic E-state index is 0.327. The molecule has 1 fully saturated rings. The Morgan fingerprint density at radius 3 is 2.47 bits per heavy atom. The summed E-state index contributed by atoms with van der Waals surface area (Å²) in [5, 5.41) is 12.2. The van der Waals surface area contributed by atoms with E-state index in [-0.39, 0.29) is 6.10 Å². The maximum Gasteiger partial charge on any atom is 0.0916 e. The SMILES string of the molecule is CCCc1ccc(C(O)C2CSC(C)C(C)S2)cc1. The molecule has 1 aliphatic heterocycles. The third-order valence-electron chi connectivity index (χ3n) is 3.79. The number of aliphatic hydroxyl groups is 1. The van der Waals surface area contributed by atoms with Gasteiger partial charge in [-0.25, -0.2) is 0 Å². The monoisotopic (exact) mass is 296 g/mol. The van der Waals surface area contributed by atoms with Gasteiger partial charge in [0.25, 0.3) is 0 Å². The zero-order valence-corrected chi connectivity index (χ0v) is 13.6. The summed E-state index contributed by atoms with van der Waals surface area (Å²) in [7, 11) is 0. The van der Waals surface area contributed by atoms with Gasteiger partial charge in [-0.2, -0.15) is 23.5 Å². The van der Waals surface area contributed by atoms with Crippen LogP contribution in [0, 0.1) is 0 Å². The average molecular weight is 297 g/mol. The first-order chi connectivity index (χ1) is 9.11. The summed E-state index contributed by atoms with van der Waals surface area (Å²) in [4.78, 5) is 0. The van der Waals surface area contributed by atoms with Gasteiger partial charge in [-0.15, -0.1) is 0 Å². The first kappa shape index (κ1) is 15.3. The van der Waals surface area contributed by atoms with Crippen LogP contribution in [0.1, 0.15) is 44.4 Å². The lowest BCUT2D eigenvalue weighted by Gasteiger charge is -2.34. The molecule has 0 amide bonds. The van der Waals surface area contributed by atoms with E-state index >= 15 is 0 Å². The molecule has 1 aromatic carbocycles. The van der Waals surface area contributed by atoms with Crippen molar-refractivity contribution in [2.45, 2.75) is 55.5 Å². The Morgan fingerprint density at radius 1 is 1.21 bits per heavy atom. The highest BCUT2D eigenvalue weighted by molar-refractivity contribution is 8.07. The Hall–Kier alpha value is -0.120. The van der Waals surface area contributed by atoms with Gasteiger partial charge in [0.15, 0.2) is 0 Å². The molecule has 1 heterocycles. The number of hydrogen-bond donors (Lipinski definition) is 1. The van der Waals surface area contributed by atoms with E-state index in [1.165, 1.54) is 12.0 Å². The van der Waals surface area contributed by atoms with Crippen LogP contribution in [0.2, 0.25) is 0 Å². The zero-order valence-electron chi connectivity index (χ0n) is 12.0. The minimum Gasteiger partial charge on any atom is -0.387 e. The smallest absolute Gasteiger partial charge is 0.0916 e. The van der Waals surface area contributed by atoms with Crippen molar-refractivity contribution in [2.24, 2.45) is 0 Å². The minimum atomic E-state index is -0.330. The van der Waals surface area contributed by atoms with E-state index in [0.29, 0.717) is 15.7 Å². The molecule has 0 radical (unpaired) electrons. The Morgan fingerprint density at radius 2 is 1.89 bits per heavy atom. The van der Waals surface area contributed by atoms with Crippen molar-refractivity contribution in [3.8, 4) is 0 Å². The molecule has 2 rings (SSSR count). The van der Waals surface area contributed by atoms with Crippen LogP contribution >= 0.6 is 23.5 Å². The van der Waals surface area contributed by atoms with Gasteiger partial charge in [-0.3, -0.25) is 0 Å². The molecule has 0 bridgehead atoms. The lowest BCUT2D eigenvalue weighted by Crippen LogP contribution is -2.30. The molecule has 4 unspecified atom stereocenters. The van der Waals surface area contributed by atoms with Gasteiger partial charge in [-0.1, -0.05) is 51.5 Å². The molecule has 1 aromatic rings. The first-order valence-corrected chi connectivity index (χ1v) is 9.15. The Labute approximate surface area is 125 Å². The van der Waals surface area contributed by atoms with Gasteiger partial charge in [0.05, 0.1) is 6.10 Å². The second-order valence-electron chi connectivity index (χ2n) is 5.35. The van der Waals surface area contributed by atoms with Gasteiger partial charge >= 0.3 is 0 Å². The van der Waals surface area contributed by atoms with Gasteiger partial charge < -0.3 is 5.11 Å². The number of aliphatic hydroxyl groups excluding tert-OH is 1. The quantitative estimate of drug-likeness (QED) is 0.894. The van der Waals surface area contributed by atoms with E-state index in [9.17, 15) is 5.11 Å². The standard InChI is InChI=1S/C16H24OS2/c1-4-5-13-6-8-14(9-7-13)16(17)15-10-18-11(2)12(3)19-15/h6-9,11-12,15-17H,4-5,10H2,1-3H3. The molecule has 4 atom stereocenters. The number of rotatable bonds is 4. The van der Waals surface area contributed by atoms with Crippen molar-refractivity contribution in [3.63, 3.8) is 0 Å². The fourth-order valence-corrected chi connectivity index (χ4v) is 5.36. The maximum absolute atomic E-state index is 10.5. The number of thioether (sulfide) groups is 2. The fraction of sp³-hybridized carbons (Fsp3) is 0.625. The molecule has 3 heteroatoms. The molecule has 0 spiro atoms. The van der Waals surface area contributed by atoms with Gasteiger partial charge in [-0.05, 0) is 17.5 Å². The van der Waals surface area contributed by atoms with Crippen LogP contribution in [0.5, 0.6) is 0 Å². The van der Waals surface area contributed by atoms with Crippen LogP contribution in [-0.4, -0.2) is 26.6 Å². The molecule has 19 heavy (non-hydrogen) atoms. The van der Waals surface area contributed by atoms with Crippen molar-refractivity contribution in [3.05, 3.63) is 35.4 Å². The topological polar surface area (TPSA) is 20.2 Å². The number of benzene rings is 1. The largest absolute Gasteiger partial charge is 0.387 e. The summed E-state index contributed by atoms with van der Waals surface area (Å²) in [6.45, 7) is 6.75. The predicted octanol–water partition coefficient (Wildman–Crippen LogP) is 4.30. The van der Waals surface area contributed by atoms with Gasteiger partial charge in [0.2, 0.25) is 0 Å². The lowest BCUT2D eigenvalue weighted by atomic mass is 10.0. The van der Waals surface area contributed by atoms with Crippen molar-refractivity contribution >= 4 is 23.5 Å². The van der Waals surface area contributed by atoms with E-state index in [1.54, 1.807) is 0 Å². The maximum atomic E-state index is 10.5. The summed E-state index contributed by atoms with van der Waals surface area (Å²) in [6.07, 6.45) is 1.97. The van der Waals surface area contributed by atoms with E-state index in [0.717, 1.165) is 17.7 Å². The predicted molar refractivity (Wildman–Crippen MR) is 88.2 cm³/mol. The highest BCUT2D eigenvalue weighted by Crippen LogP contribution is 2.40. The molecule has 1 nitrogen and oxygen atoms in total. The second-order valence-corrected chi connectivity index (χ2v) is 8.39. The third kappa shape index (κ3) is 3.93. The van der Waals surface area contributed by atoms with Crippen LogP contribution < -0.4 is 0 Å². The lowest BCUT2D eigenvalue weighted by molar-refractivity contribution is 0.180. The molecule has 106 valence electrons. The van der Waals surface area contributed by atoms with Crippen molar-refractivity contribution in [1.82, 2.24) is 0 Å². The second kappa shape index (κ2) is 7.05. The summed E-state index contributed by atoms with van der Waals surface area (Å²) in [6, 6.07) is 8.52. The molecule has 0 aromatic heterocycles. The van der Waals surface area contributed by atoms with Crippen LogP contribution in [-0.2, 0) is 6.42 Å². The molecule has 1 N–H and O–H groups in total. The highest BCUT2D eigenvalue weighted by atomic mass is 32.2. The Kier molecular flexibility index (Phi) is 5.67. The normalized spacial score (nSPS) is 29.2. The molecular formula is C16H24OS2.